The maximum absolute atomic E-state index is 12.3. The minimum Gasteiger partial charge on any atom is -0.315 e. The highest BCUT2D eigenvalue weighted by Crippen LogP contribution is 2.23. The van der Waals surface area contributed by atoms with Crippen molar-refractivity contribution in [2.75, 3.05) is 13.1 Å². The van der Waals surface area contributed by atoms with Gasteiger partial charge >= 0.3 is 0 Å². The molecule has 1 fully saturated rings. The molecule has 1 aliphatic rings. The van der Waals surface area contributed by atoms with Crippen molar-refractivity contribution >= 4 is 38.4 Å². The van der Waals surface area contributed by atoms with Gasteiger partial charge in [0.1, 0.15) is 0 Å². The molecule has 0 aliphatic carbocycles. The topological polar surface area (TPSA) is 58.2 Å². The Balaban J connectivity index is 0.00000192. The molecule has 2 aromatic rings. The molecule has 1 unspecified atom stereocenters. The SMILES string of the molecule is Cl.O=S(=O)(NC1CCNC1)c1ccc(-c2ccc(Br)cc2)cc1. The van der Waals surface area contributed by atoms with E-state index in [1.807, 2.05) is 36.4 Å². The first-order valence-electron chi connectivity index (χ1n) is 7.14. The molecule has 1 atom stereocenters. The summed E-state index contributed by atoms with van der Waals surface area (Å²) in [5, 5.41) is 3.15. The first-order chi connectivity index (χ1) is 10.5. The average molecular weight is 418 g/mol. The van der Waals surface area contributed by atoms with Crippen LogP contribution in [0.3, 0.4) is 0 Å². The van der Waals surface area contributed by atoms with Crippen molar-refractivity contribution in [3.63, 3.8) is 0 Å². The summed E-state index contributed by atoms with van der Waals surface area (Å²) in [6.45, 7) is 1.55. The third kappa shape index (κ3) is 4.55. The lowest BCUT2D eigenvalue weighted by Crippen LogP contribution is -2.36. The highest BCUT2D eigenvalue weighted by molar-refractivity contribution is 9.10. The van der Waals surface area contributed by atoms with Crippen molar-refractivity contribution in [1.29, 1.82) is 0 Å². The molecule has 2 aromatic carbocycles. The zero-order chi connectivity index (χ0) is 15.6. The normalized spacial score (nSPS) is 17.7. The molecule has 0 spiro atoms. The van der Waals surface area contributed by atoms with Gasteiger partial charge in [-0.15, -0.1) is 12.4 Å². The fraction of sp³-hybridized carbons (Fsp3) is 0.250. The highest BCUT2D eigenvalue weighted by atomic mass is 79.9. The molecule has 1 aliphatic heterocycles. The molecule has 0 saturated carbocycles. The summed E-state index contributed by atoms with van der Waals surface area (Å²) in [5.74, 6) is 0. The standard InChI is InChI=1S/C16H17BrN2O2S.ClH/c17-14-5-1-12(2-6-14)13-3-7-16(8-4-13)22(20,21)19-15-9-10-18-11-15;/h1-8,15,18-19H,9-11H2;1H. The van der Waals surface area contributed by atoms with Gasteiger partial charge in [0.25, 0.3) is 0 Å². The second-order valence-electron chi connectivity index (χ2n) is 5.34. The Morgan fingerprint density at radius 2 is 1.57 bits per heavy atom. The molecule has 0 radical (unpaired) electrons. The summed E-state index contributed by atoms with van der Waals surface area (Å²) in [4.78, 5) is 0.306. The smallest absolute Gasteiger partial charge is 0.240 e. The van der Waals surface area contributed by atoms with E-state index in [0.29, 0.717) is 11.4 Å². The van der Waals surface area contributed by atoms with Gasteiger partial charge in [0.2, 0.25) is 10.0 Å². The number of rotatable bonds is 4. The van der Waals surface area contributed by atoms with Gasteiger partial charge in [-0.25, -0.2) is 13.1 Å². The van der Waals surface area contributed by atoms with Crippen LogP contribution in [-0.4, -0.2) is 27.5 Å². The van der Waals surface area contributed by atoms with E-state index in [1.54, 1.807) is 12.1 Å². The number of sulfonamides is 1. The maximum atomic E-state index is 12.3. The predicted octanol–water partition coefficient (Wildman–Crippen LogP) is 3.18. The average Bonchev–Trinajstić information content (AvgIpc) is 3.00. The second-order valence-corrected chi connectivity index (χ2v) is 7.97. The lowest BCUT2D eigenvalue weighted by atomic mass is 10.1. The van der Waals surface area contributed by atoms with Crippen LogP contribution in [0, 0.1) is 0 Å². The number of benzene rings is 2. The summed E-state index contributed by atoms with van der Waals surface area (Å²) in [7, 11) is -3.45. The molecule has 0 aromatic heterocycles. The summed E-state index contributed by atoms with van der Waals surface area (Å²) in [5.41, 5.74) is 2.05. The minimum absolute atomic E-state index is 0. The Labute approximate surface area is 151 Å². The summed E-state index contributed by atoms with van der Waals surface area (Å²) >= 11 is 3.40. The van der Waals surface area contributed by atoms with Gasteiger partial charge in [-0.05, 0) is 48.4 Å². The lowest BCUT2D eigenvalue weighted by Gasteiger charge is -2.12. The monoisotopic (exact) mass is 416 g/mol. The van der Waals surface area contributed by atoms with Crippen molar-refractivity contribution in [3.8, 4) is 11.1 Å². The third-order valence-electron chi connectivity index (χ3n) is 3.72. The minimum atomic E-state index is -3.45. The fourth-order valence-corrected chi connectivity index (χ4v) is 4.05. The van der Waals surface area contributed by atoms with Gasteiger partial charge in [-0.1, -0.05) is 40.2 Å². The van der Waals surface area contributed by atoms with Crippen LogP contribution in [0.5, 0.6) is 0 Å². The maximum Gasteiger partial charge on any atom is 0.240 e. The molecular formula is C16H18BrClN2O2S. The zero-order valence-corrected chi connectivity index (χ0v) is 15.5. The molecule has 3 rings (SSSR count). The van der Waals surface area contributed by atoms with Gasteiger partial charge in [0.15, 0.2) is 0 Å². The summed E-state index contributed by atoms with van der Waals surface area (Å²) < 4.78 is 28.4. The number of hydrogen-bond donors (Lipinski definition) is 2. The van der Waals surface area contributed by atoms with Crippen LogP contribution in [0.25, 0.3) is 11.1 Å². The molecule has 23 heavy (non-hydrogen) atoms. The Bertz CT molecular complexity index is 743. The van der Waals surface area contributed by atoms with E-state index < -0.39 is 10.0 Å². The first kappa shape index (κ1) is 18.4. The van der Waals surface area contributed by atoms with E-state index in [4.69, 9.17) is 0 Å². The third-order valence-corrected chi connectivity index (χ3v) is 5.79. The molecule has 124 valence electrons. The molecule has 1 heterocycles. The fourth-order valence-electron chi connectivity index (χ4n) is 2.51. The molecule has 2 N–H and O–H groups in total. The Morgan fingerprint density at radius 3 is 2.09 bits per heavy atom. The predicted molar refractivity (Wildman–Crippen MR) is 98.4 cm³/mol. The molecule has 7 heteroatoms. The van der Waals surface area contributed by atoms with Crippen molar-refractivity contribution < 1.29 is 8.42 Å². The van der Waals surface area contributed by atoms with Gasteiger partial charge < -0.3 is 5.32 Å². The molecule has 0 bridgehead atoms. The zero-order valence-electron chi connectivity index (χ0n) is 12.3. The van der Waals surface area contributed by atoms with Gasteiger partial charge in [0.05, 0.1) is 4.90 Å². The highest BCUT2D eigenvalue weighted by Gasteiger charge is 2.22. The van der Waals surface area contributed by atoms with Gasteiger partial charge in [-0.3, -0.25) is 0 Å². The lowest BCUT2D eigenvalue weighted by molar-refractivity contribution is 0.560. The number of hydrogen-bond acceptors (Lipinski definition) is 3. The summed E-state index contributed by atoms with van der Waals surface area (Å²) in [6, 6.07) is 14.9. The molecule has 4 nitrogen and oxygen atoms in total. The van der Waals surface area contributed by atoms with Crippen LogP contribution < -0.4 is 10.0 Å². The number of halogens is 2. The largest absolute Gasteiger partial charge is 0.315 e. The summed E-state index contributed by atoms with van der Waals surface area (Å²) in [6.07, 6.45) is 0.830. The van der Waals surface area contributed by atoms with Crippen LogP contribution >= 0.6 is 28.3 Å². The van der Waals surface area contributed by atoms with Crippen molar-refractivity contribution in [1.82, 2.24) is 10.0 Å². The first-order valence-corrected chi connectivity index (χ1v) is 9.41. The van der Waals surface area contributed by atoms with E-state index in [-0.39, 0.29) is 18.4 Å². The van der Waals surface area contributed by atoms with E-state index in [1.165, 1.54) is 0 Å². The second kappa shape index (κ2) is 7.77. The molecule has 0 amide bonds. The van der Waals surface area contributed by atoms with Crippen LogP contribution in [0.1, 0.15) is 6.42 Å². The Hall–Kier alpha value is -0.920. The van der Waals surface area contributed by atoms with E-state index >= 15 is 0 Å². The van der Waals surface area contributed by atoms with E-state index in [2.05, 4.69) is 26.0 Å². The van der Waals surface area contributed by atoms with Crippen LogP contribution in [0.4, 0.5) is 0 Å². The van der Waals surface area contributed by atoms with Crippen molar-refractivity contribution in [2.45, 2.75) is 17.4 Å². The van der Waals surface area contributed by atoms with Crippen LogP contribution in [0.2, 0.25) is 0 Å². The van der Waals surface area contributed by atoms with Crippen molar-refractivity contribution in [2.24, 2.45) is 0 Å². The van der Waals surface area contributed by atoms with Crippen molar-refractivity contribution in [3.05, 3.63) is 53.0 Å². The van der Waals surface area contributed by atoms with Crippen LogP contribution in [-0.2, 0) is 10.0 Å². The van der Waals surface area contributed by atoms with Gasteiger partial charge in [-0.2, -0.15) is 0 Å². The van der Waals surface area contributed by atoms with Gasteiger partial charge in [0, 0.05) is 17.1 Å². The number of nitrogens with one attached hydrogen (secondary N) is 2. The Kier molecular flexibility index (Phi) is 6.22. The Morgan fingerprint density at radius 1 is 1.00 bits per heavy atom. The molecular weight excluding hydrogens is 400 g/mol. The molecule has 1 saturated heterocycles. The van der Waals surface area contributed by atoms with E-state index in [9.17, 15) is 8.42 Å². The quantitative estimate of drug-likeness (QED) is 0.803. The van der Waals surface area contributed by atoms with E-state index in [0.717, 1.165) is 28.6 Å². The van der Waals surface area contributed by atoms with Crippen LogP contribution in [0.15, 0.2) is 57.9 Å².